The van der Waals surface area contributed by atoms with Crippen molar-refractivity contribution in [1.82, 2.24) is 15.1 Å². The maximum Gasteiger partial charge on any atom is 0.0681 e. The van der Waals surface area contributed by atoms with Crippen molar-refractivity contribution in [2.24, 2.45) is 0 Å². The highest BCUT2D eigenvalue weighted by Crippen LogP contribution is 2.13. The van der Waals surface area contributed by atoms with Crippen molar-refractivity contribution in [2.75, 3.05) is 0 Å². The second kappa shape index (κ2) is 6.20. The molecular formula is C16H23N3O. The van der Waals surface area contributed by atoms with E-state index in [1.807, 2.05) is 35.1 Å². The van der Waals surface area contributed by atoms with E-state index in [2.05, 4.69) is 37.4 Å². The summed E-state index contributed by atoms with van der Waals surface area (Å²) in [5, 5.41) is 16.8. The zero-order chi connectivity index (χ0) is 14.6. The summed E-state index contributed by atoms with van der Waals surface area (Å²) in [6.45, 7) is 8.13. The Kier molecular flexibility index (Phi) is 4.57. The van der Waals surface area contributed by atoms with Gasteiger partial charge in [-0.1, -0.05) is 24.3 Å². The first-order valence-electron chi connectivity index (χ1n) is 6.92. The first-order chi connectivity index (χ1) is 9.49. The number of hydrogen-bond donors (Lipinski definition) is 2. The average molecular weight is 273 g/mol. The molecule has 0 bridgehead atoms. The van der Waals surface area contributed by atoms with Gasteiger partial charge in [0.2, 0.25) is 0 Å². The molecule has 0 atom stereocenters. The minimum Gasteiger partial charge on any atom is -0.392 e. The van der Waals surface area contributed by atoms with Crippen LogP contribution >= 0.6 is 0 Å². The molecule has 0 aliphatic heterocycles. The van der Waals surface area contributed by atoms with Crippen LogP contribution in [0.5, 0.6) is 0 Å². The maximum absolute atomic E-state index is 9.00. The van der Waals surface area contributed by atoms with Gasteiger partial charge in [-0.25, -0.2) is 0 Å². The number of nitrogens with zero attached hydrogens (tertiary/aromatic N) is 2. The zero-order valence-electron chi connectivity index (χ0n) is 12.4. The average Bonchev–Trinajstić information content (AvgIpc) is 2.88. The largest absolute Gasteiger partial charge is 0.392 e. The van der Waals surface area contributed by atoms with Crippen molar-refractivity contribution >= 4 is 0 Å². The molecule has 0 spiro atoms. The Labute approximate surface area is 120 Å². The Balaban J connectivity index is 1.84. The summed E-state index contributed by atoms with van der Waals surface area (Å²) >= 11 is 0. The number of rotatable bonds is 5. The molecular weight excluding hydrogens is 250 g/mol. The number of nitrogens with one attached hydrogen (secondary N) is 1. The van der Waals surface area contributed by atoms with Gasteiger partial charge in [-0.3, -0.25) is 4.68 Å². The fourth-order valence-electron chi connectivity index (χ4n) is 1.93. The van der Waals surface area contributed by atoms with Crippen molar-refractivity contribution in [3.05, 3.63) is 53.3 Å². The summed E-state index contributed by atoms with van der Waals surface area (Å²) in [4.78, 5) is 0. The Morgan fingerprint density at radius 2 is 1.65 bits per heavy atom. The Morgan fingerprint density at radius 3 is 2.20 bits per heavy atom. The molecule has 0 saturated carbocycles. The van der Waals surface area contributed by atoms with Crippen LogP contribution in [-0.4, -0.2) is 14.9 Å². The van der Waals surface area contributed by atoms with Crippen LogP contribution in [0.4, 0.5) is 0 Å². The lowest BCUT2D eigenvalue weighted by molar-refractivity contribution is 0.282. The molecule has 2 rings (SSSR count). The van der Waals surface area contributed by atoms with Gasteiger partial charge in [0.1, 0.15) is 0 Å². The summed E-state index contributed by atoms with van der Waals surface area (Å²) in [6, 6.07) is 7.98. The van der Waals surface area contributed by atoms with Gasteiger partial charge in [0, 0.05) is 24.8 Å². The summed E-state index contributed by atoms with van der Waals surface area (Å²) in [5.74, 6) is 0. The van der Waals surface area contributed by atoms with Crippen molar-refractivity contribution in [3.63, 3.8) is 0 Å². The standard InChI is InChI=1S/C16H23N3O/c1-16(2,3)19-11-15(10-18-19)9-17-8-13-4-6-14(12-20)7-5-13/h4-7,10-11,17,20H,8-9,12H2,1-3H3. The van der Waals surface area contributed by atoms with Crippen LogP contribution in [-0.2, 0) is 25.2 Å². The molecule has 1 heterocycles. The first kappa shape index (κ1) is 14.8. The highest BCUT2D eigenvalue weighted by molar-refractivity contribution is 5.21. The monoisotopic (exact) mass is 273 g/mol. The molecule has 108 valence electrons. The molecule has 0 fully saturated rings. The van der Waals surface area contributed by atoms with E-state index in [9.17, 15) is 0 Å². The van der Waals surface area contributed by atoms with Gasteiger partial charge < -0.3 is 10.4 Å². The van der Waals surface area contributed by atoms with Crippen molar-refractivity contribution in [2.45, 2.75) is 46.0 Å². The first-order valence-corrected chi connectivity index (χ1v) is 6.92. The van der Waals surface area contributed by atoms with E-state index in [1.165, 1.54) is 11.1 Å². The van der Waals surface area contributed by atoms with E-state index in [4.69, 9.17) is 5.11 Å². The smallest absolute Gasteiger partial charge is 0.0681 e. The van der Waals surface area contributed by atoms with E-state index >= 15 is 0 Å². The number of aromatic nitrogens is 2. The lowest BCUT2D eigenvalue weighted by Gasteiger charge is -2.18. The number of aliphatic hydroxyl groups excluding tert-OH is 1. The van der Waals surface area contributed by atoms with Crippen LogP contribution in [0.25, 0.3) is 0 Å². The molecule has 4 nitrogen and oxygen atoms in total. The van der Waals surface area contributed by atoms with Gasteiger partial charge in [0.15, 0.2) is 0 Å². The van der Waals surface area contributed by atoms with Crippen LogP contribution in [0.15, 0.2) is 36.7 Å². The Morgan fingerprint density at radius 1 is 1.05 bits per heavy atom. The predicted molar refractivity (Wildman–Crippen MR) is 80.1 cm³/mol. The Bertz CT molecular complexity index is 538. The second-order valence-corrected chi connectivity index (χ2v) is 6.04. The summed E-state index contributed by atoms with van der Waals surface area (Å²) in [7, 11) is 0. The van der Waals surface area contributed by atoms with Crippen LogP contribution in [0.1, 0.15) is 37.5 Å². The van der Waals surface area contributed by atoms with E-state index in [1.54, 1.807) is 0 Å². The number of aliphatic hydroxyl groups is 1. The van der Waals surface area contributed by atoms with Gasteiger partial charge in [0.05, 0.1) is 18.3 Å². The molecule has 1 aromatic carbocycles. The van der Waals surface area contributed by atoms with Gasteiger partial charge in [-0.2, -0.15) is 5.10 Å². The lowest BCUT2D eigenvalue weighted by atomic mass is 10.1. The topological polar surface area (TPSA) is 50.1 Å². The molecule has 2 aromatic rings. The maximum atomic E-state index is 9.00. The quantitative estimate of drug-likeness (QED) is 0.879. The molecule has 0 aliphatic carbocycles. The third-order valence-corrected chi connectivity index (χ3v) is 3.19. The zero-order valence-corrected chi connectivity index (χ0v) is 12.4. The van der Waals surface area contributed by atoms with Crippen molar-refractivity contribution in [3.8, 4) is 0 Å². The molecule has 20 heavy (non-hydrogen) atoms. The third kappa shape index (κ3) is 3.92. The third-order valence-electron chi connectivity index (χ3n) is 3.19. The fraction of sp³-hybridized carbons (Fsp3) is 0.438. The molecule has 4 heteroatoms. The minimum absolute atomic E-state index is 0.0262. The molecule has 0 amide bonds. The summed E-state index contributed by atoms with van der Waals surface area (Å²) < 4.78 is 1.99. The van der Waals surface area contributed by atoms with Gasteiger partial charge in [0.25, 0.3) is 0 Å². The molecule has 2 N–H and O–H groups in total. The highest BCUT2D eigenvalue weighted by Gasteiger charge is 2.13. The second-order valence-electron chi connectivity index (χ2n) is 6.04. The molecule has 0 unspecified atom stereocenters. The fourth-order valence-corrected chi connectivity index (χ4v) is 1.93. The van der Waals surface area contributed by atoms with Gasteiger partial charge >= 0.3 is 0 Å². The van der Waals surface area contributed by atoms with Crippen LogP contribution in [0.2, 0.25) is 0 Å². The summed E-state index contributed by atoms with van der Waals surface area (Å²) in [6.07, 6.45) is 4.00. The van der Waals surface area contributed by atoms with Gasteiger partial charge in [-0.15, -0.1) is 0 Å². The number of benzene rings is 1. The van der Waals surface area contributed by atoms with E-state index in [-0.39, 0.29) is 12.1 Å². The number of hydrogen-bond acceptors (Lipinski definition) is 3. The van der Waals surface area contributed by atoms with Crippen LogP contribution in [0, 0.1) is 0 Å². The Hall–Kier alpha value is -1.65. The van der Waals surface area contributed by atoms with Crippen molar-refractivity contribution in [1.29, 1.82) is 0 Å². The van der Waals surface area contributed by atoms with Gasteiger partial charge in [-0.05, 0) is 31.9 Å². The van der Waals surface area contributed by atoms with Crippen LogP contribution in [0.3, 0.4) is 0 Å². The summed E-state index contributed by atoms with van der Waals surface area (Å²) in [5.41, 5.74) is 3.37. The highest BCUT2D eigenvalue weighted by atomic mass is 16.3. The minimum atomic E-state index is 0.0262. The van der Waals surface area contributed by atoms with E-state index < -0.39 is 0 Å². The molecule has 0 aliphatic rings. The molecule has 0 radical (unpaired) electrons. The lowest BCUT2D eigenvalue weighted by Crippen LogP contribution is -2.22. The van der Waals surface area contributed by atoms with Crippen molar-refractivity contribution < 1.29 is 5.11 Å². The van der Waals surface area contributed by atoms with E-state index in [0.717, 1.165) is 18.7 Å². The van der Waals surface area contributed by atoms with E-state index in [0.29, 0.717) is 0 Å². The normalized spacial score (nSPS) is 11.8. The molecule has 0 saturated heterocycles. The molecule has 1 aromatic heterocycles. The van der Waals surface area contributed by atoms with Crippen LogP contribution < -0.4 is 5.32 Å². The predicted octanol–water partition coefficient (Wildman–Crippen LogP) is 2.42. The SMILES string of the molecule is CC(C)(C)n1cc(CNCc2ccc(CO)cc2)cn1.